The van der Waals surface area contributed by atoms with Crippen molar-refractivity contribution >= 4 is 11.6 Å². The molecule has 0 amide bonds. The summed E-state index contributed by atoms with van der Waals surface area (Å²) >= 11 is 5.72. The van der Waals surface area contributed by atoms with Crippen LogP contribution in [0.5, 0.6) is 0 Å². The standard InChI is InChI=1S/C8H13Cl/c1-8(2)5-3-4-7(8)6-9/h4H,3,5-6H2,1-2H3. The predicted octanol–water partition coefficient (Wildman–Crippen LogP) is 2.97. The molecule has 0 unspecified atom stereocenters. The van der Waals surface area contributed by atoms with E-state index in [0.29, 0.717) is 11.3 Å². The van der Waals surface area contributed by atoms with Crippen LogP contribution in [-0.2, 0) is 0 Å². The van der Waals surface area contributed by atoms with Gasteiger partial charge >= 0.3 is 0 Å². The van der Waals surface area contributed by atoms with Gasteiger partial charge in [0.1, 0.15) is 0 Å². The van der Waals surface area contributed by atoms with Gasteiger partial charge in [-0.15, -0.1) is 11.6 Å². The average molecular weight is 145 g/mol. The zero-order valence-corrected chi connectivity index (χ0v) is 6.83. The van der Waals surface area contributed by atoms with Crippen LogP contribution in [0.25, 0.3) is 0 Å². The zero-order chi connectivity index (χ0) is 6.91. The number of hydrogen-bond acceptors (Lipinski definition) is 0. The van der Waals surface area contributed by atoms with Crippen LogP contribution in [0.4, 0.5) is 0 Å². The first-order valence-electron chi connectivity index (χ1n) is 3.42. The second kappa shape index (κ2) is 2.34. The first kappa shape index (κ1) is 7.14. The van der Waals surface area contributed by atoms with Crippen LogP contribution in [-0.4, -0.2) is 5.88 Å². The van der Waals surface area contributed by atoms with Gasteiger partial charge in [-0.3, -0.25) is 0 Å². The van der Waals surface area contributed by atoms with Gasteiger partial charge in [-0.05, 0) is 18.3 Å². The monoisotopic (exact) mass is 144 g/mol. The molecule has 0 heterocycles. The minimum Gasteiger partial charge on any atom is -0.122 e. The topological polar surface area (TPSA) is 0 Å². The summed E-state index contributed by atoms with van der Waals surface area (Å²) in [4.78, 5) is 0. The summed E-state index contributed by atoms with van der Waals surface area (Å²) in [6, 6.07) is 0. The van der Waals surface area contributed by atoms with E-state index in [1.165, 1.54) is 18.4 Å². The molecule has 0 saturated carbocycles. The Morgan fingerprint density at radius 1 is 1.67 bits per heavy atom. The van der Waals surface area contributed by atoms with Crippen molar-refractivity contribution in [3.8, 4) is 0 Å². The number of hydrogen-bond donors (Lipinski definition) is 0. The lowest BCUT2D eigenvalue weighted by atomic mass is 9.87. The summed E-state index contributed by atoms with van der Waals surface area (Å²) in [6.45, 7) is 4.52. The molecule has 1 aliphatic rings. The van der Waals surface area contributed by atoms with Crippen LogP contribution >= 0.6 is 11.6 Å². The summed E-state index contributed by atoms with van der Waals surface area (Å²) in [5.74, 6) is 0.715. The maximum atomic E-state index is 5.72. The molecule has 0 aliphatic heterocycles. The molecule has 0 N–H and O–H groups in total. The fourth-order valence-corrected chi connectivity index (χ4v) is 1.75. The molecule has 0 nitrogen and oxygen atoms in total. The van der Waals surface area contributed by atoms with E-state index in [2.05, 4.69) is 19.9 Å². The zero-order valence-electron chi connectivity index (χ0n) is 6.08. The molecule has 0 fully saturated rings. The Hall–Kier alpha value is 0.0300. The smallest absolute Gasteiger partial charge is 0.0438 e. The Bertz CT molecular complexity index is 134. The lowest BCUT2D eigenvalue weighted by Gasteiger charge is -2.20. The fraction of sp³-hybridized carbons (Fsp3) is 0.750. The van der Waals surface area contributed by atoms with Crippen molar-refractivity contribution in [2.45, 2.75) is 26.7 Å². The van der Waals surface area contributed by atoms with Crippen LogP contribution in [0.2, 0.25) is 0 Å². The van der Waals surface area contributed by atoms with Crippen LogP contribution in [0.15, 0.2) is 11.6 Å². The van der Waals surface area contributed by atoms with Crippen LogP contribution in [0.1, 0.15) is 26.7 Å². The van der Waals surface area contributed by atoms with E-state index in [0.717, 1.165) is 0 Å². The van der Waals surface area contributed by atoms with Crippen LogP contribution < -0.4 is 0 Å². The first-order chi connectivity index (χ1) is 4.17. The highest BCUT2D eigenvalue weighted by Crippen LogP contribution is 2.38. The van der Waals surface area contributed by atoms with Crippen molar-refractivity contribution < 1.29 is 0 Å². The molecule has 0 radical (unpaired) electrons. The molecule has 0 aromatic carbocycles. The number of allylic oxidation sites excluding steroid dienone is 2. The van der Waals surface area contributed by atoms with Crippen molar-refractivity contribution in [2.24, 2.45) is 5.41 Å². The summed E-state index contributed by atoms with van der Waals surface area (Å²) in [5.41, 5.74) is 1.81. The molecule has 1 rings (SSSR count). The van der Waals surface area contributed by atoms with Gasteiger partial charge in [-0.2, -0.15) is 0 Å². The molecule has 0 bridgehead atoms. The summed E-state index contributed by atoms with van der Waals surface area (Å²) in [7, 11) is 0. The van der Waals surface area contributed by atoms with Gasteiger partial charge in [0.2, 0.25) is 0 Å². The lowest BCUT2D eigenvalue weighted by molar-refractivity contribution is 0.444. The highest BCUT2D eigenvalue weighted by molar-refractivity contribution is 6.19. The normalized spacial score (nSPS) is 24.1. The minimum absolute atomic E-state index is 0.391. The maximum Gasteiger partial charge on any atom is 0.0438 e. The van der Waals surface area contributed by atoms with Crippen LogP contribution in [0.3, 0.4) is 0 Å². The van der Waals surface area contributed by atoms with Crippen molar-refractivity contribution in [1.82, 2.24) is 0 Å². The molecule has 1 aliphatic carbocycles. The Balaban J connectivity index is 2.69. The summed E-state index contributed by atoms with van der Waals surface area (Å²) in [5, 5.41) is 0. The molecule has 0 saturated heterocycles. The largest absolute Gasteiger partial charge is 0.122 e. The van der Waals surface area contributed by atoms with E-state index >= 15 is 0 Å². The van der Waals surface area contributed by atoms with Gasteiger partial charge in [-0.1, -0.05) is 25.5 Å². The minimum atomic E-state index is 0.391. The number of alkyl halides is 1. The average Bonchev–Trinajstić information content (AvgIpc) is 2.08. The van der Waals surface area contributed by atoms with Gasteiger partial charge in [0.25, 0.3) is 0 Å². The highest BCUT2D eigenvalue weighted by atomic mass is 35.5. The second-order valence-corrected chi connectivity index (χ2v) is 3.55. The van der Waals surface area contributed by atoms with E-state index in [1.54, 1.807) is 0 Å². The third-order valence-corrected chi connectivity index (χ3v) is 2.46. The van der Waals surface area contributed by atoms with Gasteiger partial charge in [0, 0.05) is 5.88 Å². The van der Waals surface area contributed by atoms with E-state index in [1.807, 2.05) is 0 Å². The van der Waals surface area contributed by atoms with Gasteiger partial charge in [-0.25, -0.2) is 0 Å². The fourth-order valence-electron chi connectivity index (χ4n) is 1.28. The predicted molar refractivity (Wildman–Crippen MR) is 41.8 cm³/mol. The molecule has 0 aromatic rings. The van der Waals surface area contributed by atoms with Crippen molar-refractivity contribution in [2.75, 3.05) is 5.88 Å². The van der Waals surface area contributed by atoms with Crippen molar-refractivity contribution in [1.29, 1.82) is 0 Å². The first-order valence-corrected chi connectivity index (χ1v) is 3.96. The lowest BCUT2D eigenvalue weighted by Crippen LogP contribution is -2.10. The third-order valence-electron chi connectivity index (χ3n) is 2.17. The highest BCUT2D eigenvalue weighted by Gasteiger charge is 2.25. The van der Waals surface area contributed by atoms with Gasteiger partial charge < -0.3 is 0 Å². The maximum absolute atomic E-state index is 5.72. The number of rotatable bonds is 1. The van der Waals surface area contributed by atoms with Crippen LogP contribution in [0, 0.1) is 5.41 Å². The Labute approximate surface area is 61.9 Å². The number of halogens is 1. The quantitative estimate of drug-likeness (QED) is 0.392. The van der Waals surface area contributed by atoms with Gasteiger partial charge in [0.15, 0.2) is 0 Å². The van der Waals surface area contributed by atoms with Crippen molar-refractivity contribution in [3.63, 3.8) is 0 Å². The molecule has 0 spiro atoms. The second-order valence-electron chi connectivity index (χ2n) is 3.29. The molecule has 9 heavy (non-hydrogen) atoms. The molecular formula is C8H13Cl. The van der Waals surface area contributed by atoms with Crippen molar-refractivity contribution in [3.05, 3.63) is 11.6 Å². The summed E-state index contributed by atoms with van der Waals surface area (Å²) < 4.78 is 0. The molecule has 52 valence electrons. The Morgan fingerprint density at radius 2 is 2.33 bits per heavy atom. The third kappa shape index (κ3) is 1.29. The molecule has 0 aromatic heterocycles. The van der Waals surface area contributed by atoms with E-state index in [9.17, 15) is 0 Å². The molecule has 0 atom stereocenters. The Morgan fingerprint density at radius 3 is 2.56 bits per heavy atom. The SMILES string of the molecule is CC1(C)CCC=C1CCl. The van der Waals surface area contributed by atoms with Gasteiger partial charge in [0.05, 0.1) is 0 Å². The molecular weight excluding hydrogens is 132 g/mol. The van der Waals surface area contributed by atoms with E-state index in [4.69, 9.17) is 11.6 Å². The summed E-state index contributed by atoms with van der Waals surface area (Å²) in [6.07, 6.45) is 4.76. The van der Waals surface area contributed by atoms with E-state index < -0.39 is 0 Å². The van der Waals surface area contributed by atoms with E-state index in [-0.39, 0.29) is 0 Å². The molecule has 1 heteroatoms. The Kier molecular flexibility index (Phi) is 1.85.